The van der Waals surface area contributed by atoms with Crippen LogP contribution in [0.1, 0.15) is 34.0 Å². The third kappa shape index (κ3) is 4.57. The highest BCUT2D eigenvalue weighted by Gasteiger charge is 2.73. The van der Waals surface area contributed by atoms with Gasteiger partial charge in [-0.2, -0.15) is 26.3 Å². The highest BCUT2D eigenvalue weighted by atomic mass is 19.4. The predicted octanol–water partition coefficient (Wildman–Crippen LogP) is 6.02. The molecule has 0 heterocycles. The molecule has 0 spiro atoms. The summed E-state index contributed by atoms with van der Waals surface area (Å²) in [7, 11) is 1.08. The van der Waals surface area contributed by atoms with Gasteiger partial charge in [-0.15, -0.1) is 0 Å². The molecule has 2 rings (SSSR count). The van der Waals surface area contributed by atoms with E-state index in [4.69, 9.17) is 4.74 Å². The van der Waals surface area contributed by atoms with E-state index in [0.29, 0.717) is 12.1 Å². The van der Waals surface area contributed by atoms with Crippen LogP contribution in [0.4, 0.5) is 42.1 Å². The first-order chi connectivity index (χ1) is 15.1. The molecule has 0 aliphatic rings. The van der Waals surface area contributed by atoms with Crippen molar-refractivity contribution in [3.05, 3.63) is 62.7 Å². The SMILES string of the molecule is CCc1cc(C(F)(C(F)(F)F)C(F)(F)F)cc(C)c1NC(=O)c1cccc([N+](=O)[O-])c1OC. The van der Waals surface area contributed by atoms with Crippen LogP contribution in [0.25, 0.3) is 0 Å². The number of carbonyl (C=O) groups is 1. The molecule has 0 unspecified atom stereocenters. The first-order valence-electron chi connectivity index (χ1n) is 9.19. The van der Waals surface area contributed by atoms with Gasteiger partial charge in [-0.25, -0.2) is 4.39 Å². The fourth-order valence-corrected chi connectivity index (χ4v) is 3.25. The number of carbonyl (C=O) groups excluding carboxylic acids is 1. The number of anilines is 1. The number of para-hydroxylation sites is 1. The second kappa shape index (κ2) is 8.87. The van der Waals surface area contributed by atoms with Crippen LogP contribution in [0.3, 0.4) is 0 Å². The van der Waals surface area contributed by atoms with Gasteiger partial charge in [0.15, 0.2) is 0 Å². The molecule has 0 aliphatic heterocycles. The van der Waals surface area contributed by atoms with Crippen LogP contribution in [0.2, 0.25) is 0 Å². The van der Waals surface area contributed by atoms with Crippen molar-refractivity contribution in [3.63, 3.8) is 0 Å². The van der Waals surface area contributed by atoms with Crippen LogP contribution >= 0.6 is 0 Å². The van der Waals surface area contributed by atoms with E-state index in [-0.39, 0.29) is 28.8 Å². The van der Waals surface area contributed by atoms with Gasteiger partial charge in [-0.1, -0.05) is 19.1 Å². The van der Waals surface area contributed by atoms with Crippen molar-refractivity contribution >= 4 is 17.3 Å². The lowest BCUT2D eigenvalue weighted by Gasteiger charge is -2.31. The van der Waals surface area contributed by atoms with Crippen LogP contribution in [0, 0.1) is 17.0 Å². The van der Waals surface area contributed by atoms with Crippen LogP contribution in [0.5, 0.6) is 5.75 Å². The number of nitro groups is 1. The fraction of sp³-hybridized carbons (Fsp3) is 0.350. The Morgan fingerprint density at radius 1 is 1.09 bits per heavy atom. The van der Waals surface area contributed by atoms with Crippen LogP contribution in [0.15, 0.2) is 30.3 Å². The fourth-order valence-electron chi connectivity index (χ4n) is 3.25. The van der Waals surface area contributed by atoms with E-state index in [0.717, 1.165) is 20.1 Å². The quantitative estimate of drug-likeness (QED) is 0.310. The van der Waals surface area contributed by atoms with Crippen molar-refractivity contribution in [1.29, 1.82) is 0 Å². The van der Waals surface area contributed by atoms with E-state index in [1.54, 1.807) is 0 Å². The summed E-state index contributed by atoms with van der Waals surface area (Å²) in [5, 5.41) is 13.5. The number of hydrogen-bond donors (Lipinski definition) is 1. The van der Waals surface area contributed by atoms with Gasteiger partial charge in [-0.05, 0) is 36.6 Å². The Hall–Kier alpha value is -3.38. The molecule has 0 fully saturated rings. The van der Waals surface area contributed by atoms with E-state index < -0.39 is 45.9 Å². The number of nitro benzene ring substituents is 1. The van der Waals surface area contributed by atoms with Gasteiger partial charge in [0.1, 0.15) is 0 Å². The smallest absolute Gasteiger partial charge is 0.435 e. The molecule has 13 heteroatoms. The van der Waals surface area contributed by atoms with Crippen molar-refractivity contribution < 1.29 is 45.2 Å². The number of rotatable bonds is 6. The minimum Gasteiger partial charge on any atom is -0.490 e. The molecule has 0 atom stereocenters. The lowest BCUT2D eigenvalue weighted by atomic mass is 9.89. The zero-order valence-corrected chi connectivity index (χ0v) is 17.3. The van der Waals surface area contributed by atoms with E-state index in [2.05, 4.69) is 5.32 Å². The number of aryl methyl sites for hydroxylation is 2. The standard InChI is InChI=1S/C20H17F7N2O4/c1-4-11-9-12(18(21,19(22,23)24)20(25,26)27)8-10(2)15(11)28-17(30)13-6-5-7-14(29(31)32)16(13)33-3/h5-9H,4H2,1-3H3,(H,28,30). The summed E-state index contributed by atoms with van der Waals surface area (Å²) >= 11 is 0. The number of nitrogens with zero attached hydrogens (tertiary/aromatic N) is 1. The molecule has 0 aromatic heterocycles. The summed E-state index contributed by atoms with van der Waals surface area (Å²) in [5.74, 6) is -1.37. The minimum atomic E-state index is -6.29. The Labute approximate surface area is 182 Å². The largest absolute Gasteiger partial charge is 0.490 e. The maximum absolute atomic E-state index is 14.5. The zero-order valence-electron chi connectivity index (χ0n) is 17.3. The molecular formula is C20H17F7N2O4. The van der Waals surface area contributed by atoms with E-state index in [1.807, 2.05) is 0 Å². The summed E-state index contributed by atoms with van der Waals surface area (Å²) in [6, 6.07) is 4.17. The van der Waals surface area contributed by atoms with Crippen molar-refractivity contribution in [3.8, 4) is 5.75 Å². The average Bonchev–Trinajstić information content (AvgIpc) is 2.71. The highest BCUT2D eigenvalue weighted by Crippen LogP contribution is 2.54. The lowest BCUT2D eigenvalue weighted by Crippen LogP contribution is -2.50. The Morgan fingerprint density at radius 2 is 1.67 bits per heavy atom. The number of ether oxygens (including phenoxy) is 1. The second-order valence-electron chi connectivity index (χ2n) is 6.90. The first-order valence-corrected chi connectivity index (χ1v) is 9.19. The maximum atomic E-state index is 14.5. The number of benzene rings is 2. The number of amides is 1. The number of alkyl halides is 7. The second-order valence-corrected chi connectivity index (χ2v) is 6.90. The summed E-state index contributed by atoms with van der Waals surface area (Å²) < 4.78 is 98.2. The molecule has 33 heavy (non-hydrogen) atoms. The molecule has 1 N–H and O–H groups in total. The molecule has 0 saturated heterocycles. The minimum absolute atomic E-state index is 0.161. The predicted molar refractivity (Wildman–Crippen MR) is 103 cm³/mol. The Bertz CT molecular complexity index is 1070. The maximum Gasteiger partial charge on any atom is 0.435 e. The molecule has 0 bridgehead atoms. The van der Waals surface area contributed by atoms with Gasteiger partial charge < -0.3 is 10.1 Å². The molecule has 0 radical (unpaired) electrons. The van der Waals surface area contributed by atoms with Gasteiger partial charge in [0.05, 0.1) is 17.6 Å². The Balaban J connectivity index is 2.61. The molecule has 0 aliphatic carbocycles. The van der Waals surface area contributed by atoms with Crippen molar-refractivity contribution in [1.82, 2.24) is 0 Å². The topological polar surface area (TPSA) is 81.5 Å². The van der Waals surface area contributed by atoms with Crippen LogP contribution in [-0.4, -0.2) is 30.3 Å². The molecule has 2 aromatic rings. The number of halogens is 7. The van der Waals surface area contributed by atoms with Crippen molar-refractivity contribution in [2.45, 2.75) is 38.3 Å². The summed E-state index contributed by atoms with van der Waals surface area (Å²) in [4.78, 5) is 23.1. The van der Waals surface area contributed by atoms with Gasteiger partial charge in [-0.3, -0.25) is 14.9 Å². The lowest BCUT2D eigenvalue weighted by molar-refractivity contribution is -0.385. The van der Waals surface area contributed by atoms with Crippen molar-refractivity contribution in [2.24, 2.45) is 0 Å². The normalized spacial score (nSPS) is 12.4. The average molecular weight is 482 g/mol. The van der Waals surface area contributed by atoms with Crippen LogP contribution < -0.4 is 10.1 Å². The van der Waals surface area contributed by atoms with Crippen molar-refractivity contribution in [2.75, 3.05) is 12.4 Å². The van der Waals surface area contributed by atoms with E-state index in [9.17, 15) is 45.6 Å². The summed E-state index contributed by atoms with van der Waals surface area (Å²) in [6.07, 6.45) is -12.7. The van der Waals surface area contributed by atoms with Gasteiger partial charge in [0.2, 0.25) is 5.75 Å². The number of nitrogens with one attached hydrogen (secondary N) is 1. The van der Waals surface area contributed by atoms with Gasteiger partial charge >= 0.3 is 23.7 Å². The molecule has 6 nitrogen and oxygen atoms in total. The van der Waals surface area contributed by atoms with Gasteiger partial charge in [0, 0.05) is 17.3 Å². The molecule has 1 amide bonds. The molecule has 0 saturated carbocycles. The molecule has 180 valence electrons. The first kappa shape index (κ1) is 25.9. The summed E-state index contributed by atoms with van der Waals surface area (Å²) in [6.45, 7) is 2.47. The van der Waals surface area contributed by atoms with Gasteiger partial charge in [0.25, 0.3) is 5.91 Å². The number of methoxy groups -OCH3 is 1. The third-order valence-electron chi connectivity index (χ3n) is 4.86. The molecule has 2 aromatic carbocycles. The number of hydrogen-bond acceptors (Lipinski definition) is 4. The monoisotopic (exact) mass is 482 g/mol. The van der Waals surface area contributed by atoms with E-state index in [1.165, 1.54) is 19.1 Å². The highest BCUT2D eigenvalue weighted by molar-refractivity contribution is 6.07. The Morgan fingerprint density at radius 3 is 2.12 bits per heavy atom. The van der Waals surface area contributed by atoms with E-state index >= 15 is 0 Å². The summed E-state index contributed by atoms with van der Waals surface area (Å²) in [5.41, 5.74) is -8.79. The Kier molecular flexibility index (Phi) is 6.95. The molecular weight excluding hydrogens is 465 g/mol. The zero-order chi connectivity index (χ0) is 25.4. The third-order valence-corrected chi connectivity index (χ3v) is 4.86. The van der Waals surface area contributed by atoms with Crippen LogP contribution in [-0.2, 0) is 12.1 Å².